The monoisotopic (exact) mass is 380 g/mol. The van der Waals surface area contributed by atoms with Gasteiger partial charge in [0, 0.05) is 18.1 Å². The molecule has 0 amide bonds. The molecule has 2 unspecified atom stereocenters. The second kappa shape index (κ2) is 13.1. The Hall–Kier alpha value is -0.120. The second-order valence-corrected chi connectivity index (χ2v) is 9.55. The first-order chi connectivity index (χ1) is 12.3. The topological polar surface area (TPSA) is 20.2 Å². The summed E-state index contributed by atoms with van der Waals surface area (Å²) in [6.07, 6.45) is 10.5. The zero-order valence-electron chi connectivity index (χ0n) is 15.9. The Bertz CT molecular complexity index is 446. The summed E-state index contributed by atoms with van der Waals surface area (Å²) in [4.78, 5) is 0. The Balaban J connectivity index is 1.91. The predicted octanol–water partition coefficient (Wildman–Crippen LogP) is 6.53. The van der Waals surface area contributed by atoms with E-state index >= 15 is 0 Å². The van der Waals surface area contributed by atoms with Gasteiger partial charge in [0.1, 0.15) is 0 Å². The van der Waals surface area contributed by atoms with Gasteiger partial charge in [-0.2, -0.15) is 23.5 Å². The lowest BCUT2D eigenvalue weighted by Crippen LogP contribution is -2.07. The van der Waals surface area contributed by atoms with Gasteiger partial charge in [-0.05, 0) is 53.7 Å². The maximum absolute atomic E-state index is 9.33. The normalized spacial score (nSPS) is 24.6. The van der Waals surface area contributed by atoms with Gasteiger partial charge >= 0.3 is 0 Å². The van der Waals surface area contributed by atoms with Crippen molar-refractivity contribution in [3.8, 4) is 0 Å². The molecule has 1 aromatic rings. The second-order valence-electron chi connectivity index (χ2n) is 7.49. The molecule has 2 aliphatic rings. The van der Waals surface area contributed by atoms with Crippen LogP contribution >= 0.6 is 23.5 Å². The molecular weight excluding hydrogens is 344 g/mol. The van der Waals surface area contributed by atoms with Crippen LogP contribution in [0.5, 0.6) is 0 Å². The molecule has 0 spiro atoms. The molecule has 2 aliphatic heterocycles. The van der Waals surface area contributed by atoms with E-state index in [1.165, 1.54) is 67.6 Å². The fraction of sp³-hybridized carbons (Fsp3) is 0.727. The third-order valence-electron chi connectivity index (χ3n) is 5.36. The molecule has 3 heteroatoms. The van der Waals surface area contributed by atoms with Crippen LogP contribution in [0.1, 0.15) is 69.4 Å². The lowest BCUT2D eigenvalue weighted by molar-refractivity contribution is 0.258. The molecule has 0 aromatic heterocycles. The number of hydrogen-bond donors (Lipinski definition) is 1. The molecule has 2 bridgehead atoms. The van der Waals surface area contributed by atoms with Gasteiger partial charge in [-0.1, -0.05) is 63.3 Å². The molecule has 3 rings (SSSR count). The number of rotatable bonds is 3. The van der Waals surface area contributed by atoms with E-state index in [-0.39, 0.29) is 0 Å². The smallest absolute Gasteiger partial charge is 0.0433 e. The minimum absolute atomic E-state index is 0.343. The Kier molecular flexibility index (Phi) is 11.1. The van der Waals surface area contributed by atoms with E-state index in [2.05, 4.69) is 43.0 Å². The molecular formula is C22H36OS2. The Morgan fingerprint density at radius 1 is 0.840 bits per heavy atom. The molecule has 0 saturated carbocycles. The number of fused-ring (bicyclic) bond motifs is 15. The molecule has 0 aliphatic carbocycles. The van der Waals surface area contributed by atoms with Crippen LogP contribution in [0.25, 0.3) is 0 Å². The minimum Gasteiger partial charge on any atom is -0.396 e. The van der Waals surface area contributed by atoms with E-state index in [0.717, 1.165) is 23.8 Å². The van der Waals surface area contributed by atoms with Crippen LogP contribution in [-0.2, 0) is 11.5 Å². The Morgan fingerprint density at radius 3 is 1.88 bits per heavy atom. The van der Waals surface area contributed by atoms with Crippen molar-refractivity contribution in [3.05, 3.63) is 35.4 Å². The van der Waals surface area contributed by atoms with Crippen LogP contribution in [0, 0.1) is 11.8 Å². The lowest BCUT2D eigenvalue weighted by Gasteiger charge is -2.17. The van der Waals surface area contributed by atoms with Gasteiger partial charge in [0.25, 0.3) is 0 Å². The first kappa shape index (κ1) is 21.2. The van der Waals surface area contributed by atoms with Crippen molar-refractivity contribution >= 4 is 23.5 Å². The highest BCUT2D eigenvalue weighted by Crippen LogP contribution is 2.25. The molecule has 0 saturated heterocycles. The maximum atomic E-state index is 9.33. The first-order valence-electron chi connectivity index (χ1n) is 10.2. The molecule has 25 heavy (non-hydrogen) atoms. The average molecular weight is 381 g/mol. The summed E-state index contributed by atoms with van der Waals surface area (Å²) in [5, 5.41) is 9.33. The quantitative estimate of drug-likeness (QED) is 0.643. The third kappa shape index (κ3) is 8.88. The van der Waals surface area contributed by atoms with E-state index in [4.69, 9.17) is 0 Å². The molecule has 1 N–H and O–H groups in total. The number of benzene rings is 1. The molecule has 2 atom stereocenters. The number of aliphatic hydroxyl groups excluding tert-OH is 1. The fourth-order valence-electron chi connectivity index (χ4n) is 3.54. The molecule has 0 radical (unpaired) electrons. The van der Waals surface area contributed by atoms with Gasteiger partial charge in [0.05, 0.1) is 0 Å². The van der Waals surface area contributed by atoms with E-state index in [0.29, 0.717) is 12.5 Å². The average Bonchev–Trinajstić information content (AvgIpc) is 2.63. The zero-order valence-corrected chi connectivity index (χ0v) is 17.6. The van der Waals surface area contributed by atoms with E-state index < -0.39 is 0 Å². The predicted molar refractivity (Wildman–Crippen MR) is 115 cm³/mol. The summed E-state index contributed by atoms with van der Waals surface area (Å²) in [5.41, 5.74) is 2.90. The molecule has 142 valence electrons. The maximum Gasteiger partial charge on any atom is 0.0433 e. The number of thioether (sulfide) groups is 2. The zero-order chi connectivity index (χ0) is 17.7. The Morgan fingerprint density at radius 2 is 1.36 bits per heavy atom. The van der Waals surface area contributed by atoms with Crippen LogP contribution in [0.2, 0.25) is 0 Å². The molecule has 0 fully saturated rings. The summed E-state index contributed by atoms with van der Waals surface area (Å²) in [5.74, 6) is 6.34. The minimum atomic E-state index is 0.343. The van der Waals surface area contributed by atoms with Crippen molar-refractivity contribution < 1.29 is 5.11 Å². The highest BCUT2D eigenvalue weighted by atomic mass is 32.2. The van der Waals surface area contributed by atoms with Gasteiger partial charge in [-0.15, -0.1) is 0 Å². The largest absolute Gasteiger partial charge is 0.396 e. The van der Waals surface area contributed by atoms with Crippen molar-refractivity contribution in [3.63, 3.8) is 0 Å². The molecule has 2 heterocycles. The number of aliphatic hydroxyl groups is 1. The van der Waals surface area contributed by atoms with Crippen LogP contribution in [-0.4, -0.2) is 23.2 Å². The van der Waals surface area contributed by atoms with Crippen molar-refractivity contribution in [1.29, 1.82) is 0 Å². The van der Waals surface area contributed by atoms with Gasteiger partial charge in [0.15, 0.2) is 0 Å². The lowest BCUT2D eigenvalue weighted by atomic mass is 9.97. The SMILES string of the molecule is CCC1CCCCCCC(CCO)CSCc2ccc(cc2)CSC1. The Labute approximate surface area is 163 Å². The van der Waals surface area contributed by atoms with E-state index in [9.17, 15) is 5.11 Å². The molecule has 1 aromatic carbocycles. The van der Waals surface area contributed by atoms with Gasteiger partial charge in [-0.3, -0.25) is 0 Å². The fourth-order valence-corrected chi connectivity index (χ4v) is 6.03. The van der Waals surface area contributed by atoms with Crippen molar-refractivity contribution in [1.82, 2.24) is 0 Å². The first-order valence-corrected chi connectivity index (χ1v) is 12.5. The summed E-state index contributed by atoms with van der Waals surface area (Å²) < 4.78 is 0. The van der Waals surface area contributed by atoms with Crippen molar-refractivity contribution in [2.45, 2.75) is 69.8 Å². The van der Waals surface area contributed by atoms with Crippen LogP contribution < -0.4 is 0 Å². The van der Waals surface area contributed by atoms with Gasteiger partial charge in [-0.25, -0.2) is 0 Å². The summed E-state index contributed by atoms with van der Waals surface area (Å²) in [6, 6.07) is 9.26. The standard InChI is InChI=1S/C22H36OS2/c1-2-19-7-5-3-4-6-8-20(13-14-23)16-25-18-22-11-9-21(10-12-22)17-24-15-19/h9-12,19-20,23H,2-8,13-18H2,1H3. The van der Waals surface area contributed by atoms with Crippen molar-refractivity contribution in [2.24, 2.45) is 11.8 Å². The highest BCUT2D eigenvalue weighted by molar-refractivity contribution is 7.98. The van der Waals surface area contributed by atoms with E-state index in [1.54, 1.807) is 0 Å². The number of hydrogen-bond acceptors (Lipinski definition) is 3. The van der Waals surface area contributed by atoms with Gasteiger partial charge in [0.2, 0.25) is 0 Å². The molecule has 1 nitrogen and oxygen atoms in total. The van der Waals surface area contributed by atoms with Gasteiger partial charge < -0.3 is 5.11 Å². The summed E-state index contributed by atoms with van der Waals surface area (Å²) in [6.45, 7) is 2.69. The van der Waals surface area contributed by atoms with Crippen LogP contribution in [0.15, 0.2) is 24.3 Å². The highest BCUT2D eigenvalue weighted by Gasteiger charge is 2.10. The third-order valence-corrected chi connectivity index (χ3v) is 7.85. The van der Waals surface area contributed by atoms with Crippen LogP contribution in [0.3, 0.4) is 0 Å². The summed E-state index contributed by atoms with van der Waals surface area (Å²) >= 11 is 4.15. The van der Waals surface area contributed by atoms with E-state index in [1.807, 2.05) is 11.8 Å². The summed E-state index contributed by atoms with van der Waals surface area (Å²) in [7, 11) is 0. The van der Waals surface area contributed by atoms with Crippen LogP contribution in [0.4, 0.5) is 0 Å². The van der Waals surface area contributed by atoms with Crippen molar-refractivity contribution in [2.75, 3.05) is 18.1 Å².